The van der Waals surface area contributed by atoms with Crippen molar-refractivity contribution in [3.8, 4) is 0 Å². The summed E-state index contributed by atoms with van der Waals surface area (Å²) >= 11 is 0. The molecule has 3 fully saturated rings. The second kappa shape index (κ2) is 6.19. The monoisotopic (exact) mass is 308 g/mol. The van der Waals surface area contributed by atoms with Gasteiger partial charge >= 0.3 is 0 Å². The fourth-order valence-corrected chi connectivity index (χ4v) is 3.93. The SMILES string of the molecule is CCCNC(=O)C1COC2(CCCC(C)C2)N1C(=O)C1CC1. The smallest absolute Gasteiger partial charge is 0.245 e. The molecule has 5 heteroatoms. The summed E-state index contributed by atoms with van der Waals surface area (Å²) in [4.78, 5) is 27.2. The van der Waals surface area contributed by atoms with Crippen LogP contribution >= 0.6 is 0 Å². The summed E-state index contributed by atoms with van der Waals surface area (Å²) in [6.07, 6.45) is 6.81. The Hall–Kier alpha value is -1.10. The van der Waals surface area contributed by atoms with Crippen molar-refractivity contribution in [2.24, 2.45) is 11.8 Å². The van der Waals surface area contributed by atoms with Crippen LogP contribution in [0.4, 0.5) is 0 Å². The van der Waals surface area contributed by atoms with E-state index in [-0.39, 0.29) is 17.7 Å². The minimum atomic E-state index is -0.522. The molecule has 3 atom stereocenters. The first-order valence-corrected chi connectivity index (χ1v) is 8.82. The second-order valence-electron chi connectivity index (χ2n) is 7.25. The Kier molecular flexibility index (Phi) is 4.44. The van der Waals surface area contributed by atoms with Crippen molar-refractivity contribution in [3.63, 3.8) is 0 Å². The Morgan fingerprint density at radius 3 is 2.73 bits per heavy atom. The van der Waals surface area contributed by atoms with Crippen molar-refractivity contribution in [2.75, 3.05) is 13.2 Å². The van der Waals surface area contributed by atoms with E-state index >= 15 is 0 Å². The molecule has 0 aromatic rings. The third kappa shape index (κ3) is 2.87. The maximum atomic E-state index is 12.8. The molecule has 3 aliphatic rings. The zero-order valence-corrected chi connectivity index (χ0v) is 13.8. The van der Waals surface area contributed by atoms with Gasteiger partial charge in [0.1, 0.15) is 11.8 Å². The Labute approximate surface area is 132 Å². The molecular weight excluding hydrogens is 280 g/mol. The summed E-state index contributed by atoms with van der Waals surface area (Å²) in [5.74, 6) is 0.757. The summed E-state index contributed by atoms with van der Waals surface area (Å²) in [5, 5.41) is 2.94. The molecule has 1 heterocycles. The van der Waals surface area contributed by atoms with Gasteiger partial charge in [0.2, 0.25) is 11.8 Å². The third-order valence-electron chi connectivity index (χ3n) is 5.21. The number of hydrogen-bond donors (Lipinski definition) is 1. The van der Waals surface area contributed by atoms with E-state index in [1.165, 1.54) is 6.42 Å². The average Bonchev–Trinajstić information content (AvgIpc) is 3.28. The minimum Gasteiger partial charge on any atom is -0.354 e. The highest BCUT2D eigenvalue weighted by Crippen LogP contribution is 2.45. The molecule has 0 bridgehead atoms. The van der Waals surface area contributed by atoms with Gasteiger partial charge in [-0.3, -0.25) is 14.5 Å². The van der Waals surface area contributed by atoms with Gasteiger partial charge in [0.05, 0.1) is 6.61 Å². The van der Waals surface area contributed by atoms with Gasteiger partial charge in [-0.1, -0.05) is 20.3 Å². The fraction of sp³-hybridized carbons (Fsp3) is 0.882. The molecule has 124 valence electrons. The maximum Gasteiger partial charge on any atom is 0.245 e. The highest BCUT2D eigenvalue weighted by atomic mass is 16.5. The lowest BCUT2D eigenvalue weighted by molar-refractivity contribution is -0.164. The van der Waals surface area contributed by atoms with Crippen molar-refractivity contribution >= 4 is 11.8 Å². The van der Waals surface area contributed by atoms with Gasteiger partial charge < -0.3 is 10.1 Å². The zero-order chi connectivity index (χ0) is 15.7. The van der Waals surface area contributed by atoms with Crippen LogP contribution in [0.5, 0.6) is 0 Å². The predicted octanol–water partition coefficient (Wildman–Crippen LogP) is 2.06. The van der Waals surface area contributed by atoms with Gasteiger partial charge in [-0.2, -0.15) is 0 Å². The predicted molar refractivity (Wildman–Crippen MR) is 83.0 cm³/mol. The van der Waals surface area contributed by atoms with E-state index in [9.17, 15) is 9.59 Å². The summed E-state index contributed by atoms with van der Waals surface area (Å²) in [6.45, 7) is 5.25. The second-order valence-corrected chi connectivity index (χ2v) is 7.25. The Bertz CT molecular complexity index is 449. The van der Waals surface area contributed by atoms with Gasteiger partial charge in [0.15, 0.2) is 0 Å². The van der Waals surface area contributed by atoms with Gasteiger partial charge in [-0.05, 0) is 44.4 Å². The van der Waals surface area contributed by atoms with Crippen LogP contribution in [0.25, 0.3) is 0 Å². The van der Waals surface area contributed by atoms with Gasteiger partial charge in [-0.15, -0.1) is 0 Å². The van der Waals surface area contributed by atoms with Gasteiger partial charge in [0.25, 0.3) is 0 Å². The largest absolute Gasteiger partial charge is 0.354 e. The normalized spacial score (nSPS) is 34.9. The van der Waals surface area contributed by atoms with E-state index in [2.05, 4.69) is 12.2 Å². The molecule has 2 aliphatic carbocycles. The van der Waals surface area contributed by atoms with Crippen molar-refractivity contribution in [1.82, 2.24) is 10.2 Å². The minimum absolute atomic E-state index is 0.0500. The fourth-order valence-electron chi connectivity index (χ4n) is 3.93. The third-order valence-corrected chi connectivity index (χ3v) is 5.21. The number of amides is 2. The summed E-state index contributed by atoms with van der Waals surface area (Å²) < 4.78 is 6.12. The first-order valence-electron chi connectivity index (χ1n) is 8.82. The number of carbonyl (C=O) groups excluding carboxylic acids is 2. The van der Waals surface area contributed by atoms with E-state index in [4.69, 9.17) is 4.74 Å². The molecule has 1 spiro atoms. The van der Waals surface area contributed by atoms with Crippen LogP contribution in [-0.2, 0) is 14.3 Å². The standard InChI is InChI=1S/C17H28N2O3/c1-3-9-18-15(20)14-11-22-17(8-4-5-12(2)10-17)19(14)16(21)13-6-7-13/h12-14H,3-11H2,1-2H3,(H,18,20). The molecule has 2 amide bonds. The molecule has 3 unspecified atom stereocenters. The molecule has 1 saturated heterocycles. The summed E-state index contributed by atoms with van der Waals surface area (Å²) in [5.41, 5.74) is -0.522. The van der Waals surface area contributed by atoms with Crippen molar-refractivity contribution < 1.29 is 14.3 Å². The van der Waals surface area contributed by atoms with E-state index < -0.39 is 11.8 Å². The van der Waals surface area contributed by atoms with Gasteiger partial charge in [0, 0.05) is 12.5 Å². The lowest BCUT2D eigenvalue weighted by Gasteiger charge is -2.43. The Morgan fingerprint density at radius 1 is 1.32 bits per heavy atom. The highest BCUT2D eigenvalue weighted by molar-refractivity contribution is 5.90. The van der Waals surface area contributed by atoms with Crippen LogP contribution < -0.4 is 5.32 Å². The summed E-state index contributed by atoms with van der Waals surface area (Å²) in [6, 6.07) is -0.440. The lowest BCUT2D eigenvalue weighted by atomic mass is 9.83. The average molecular weight is 308 g/mol. The first kappa shape index (κ1) is 15.8. The summed E-state index contributed by atoms with van der Waals surface area (Å²) in [7, 11) is 0. The number of nitrogens with zero attached hydrogens (tertiary/aromatic N) is 1. The Balaban J connectivity index is 1.81. The molecule has 0 radical (unpaired) electrons. The zero-order valence-electron chi connectivity index (χ0n) is 13.8. The highest BCUT2D eigenvalue weighted by Gasteiger charge is 2.55. The number of rotatable bonds is 4. The maximum absolute atomic E-state index is 12.8. The molecule has 1 aliphatic heterocycles. The van der Waals surface area contributed by atoms with E-state index in [1.54, 1.807) is 0 Å². The topological polar surface area (TPSA) is 58.6 Å². The van der Waals surface area contributed by atoms with Crippen molar-refractivity contribution in [2.45, 2.75) is 70.6 Å². The molecule has 5 nitrogen and oxygen atoms in total. The van der Waals surface area contributed by atoms with Crippen molar-refractivity contribution in [3.05, 3.63) is 0 Å². The van der Waals surface area contributed by atoms with Crippen LogP contribution in [0.1, 0.15) is 58.8 Å². The molecule has 0 aromatic heterocycles. The van der Waals surface area contributed by atoms with Gasteiger partial charge in [-0.25, -0.2) is 0 Å². The van der Waals surface area contributed by atoms with E-state index in [0.717, 1.165) is 38.5 Å². The van der Waals surface area contributed by atoms with Crippen LogP contribution in [0, 0.1) is 11.8 Å². The van der Waals surface area contributed by atoms with Crippen LogP contribution in [-0.4, -0.2) is 41.6 Å². The molecule has 3 rings (SSSR count). The lowest BCUT2D eigenvalue weighted by Crippen LogP contribution is -2.57. The van der Waals surface area contributed by atoms with E-state index in [1.807, 2.05) is 11.8 Å². The molecule has 0 aromatic carbocycles. The van der Waals surface area contributed by atoms with Crippen LogP contribution in [0.3, 0.4) is 0 Å². The molecule has 1 N–H and O–H groups in total. The Morgan fingerprint density at radius 2 is 2.09 bits per heavy atom. The molecule has 2 saturated carbocycles. The molecular formula is C17H28N2O3. The van der Waals surface area contributed by atoms with Crippen LogP contribution in [0.15, 0.2) is 0 Å². The molecule has 22 heavy (non-hydrogen) atoms. The number of nitrogens with one attached hydrogen (secondary N) is 1. The number of ether oxygens (including phenoxy) is 1. The number of carbonyl (C=O) groups is 2. The number of hydrogen-bond acceptors (Lipinski definition) is 3. The van der Waals surface area contributed by atoms with Crippen molar-refractivity contribution in [1.29, 1.82) is 0 Å². The van der Waals surface area contributed by atoms with Crippen LogP contribution in [0.2, 0.25) is 0 Å². The van der Waals surface area contributed by atoms with E-state index in [0.29, 0.717) is 19.1 Å². The first-order chi connectivity index (χ1) is 10.6. The quantitative estimate of drug-likeness (QED) is 0.865.